The van der Waals surface area contributed by atoms with Crippen LogP contribution in [0.25, 0.3) is 0 Å². The molecule has 0 aliphatic heterocycles. The van der Waals surface area contributed by atoms with E-state index < -0.39 is 0 Å². The molecule has 1 N–H and O–H groups in total. The number of hydrogen-bond donors (Lipinski definition) is 1. The van der Waals surface area contributed by atoms with Gasteiger partial charge in [0.05, 0.1) is 10.6 Å². The first-order chi connectivity index (χ1) is 8.50. The normalized spacial score (nSPS) is 13.0. The lowest BCUT2D eigenvalue weighted by Gasteiger charge is -2.15. The van der Waals surface area contributed by atoms with E-state index in [0.717, 1.165) is 25.1 Å². The van der Waals surface area contributed by atoms with E-state index in [9.17, 15) is 4.39 Å². The molecule has 0 bridgehead atoms. The molecule has 0 aliphatic rings. The van der Waals surface area contributed by atoms with Crippen LogP contribution in [0.1, 0.15) is 38.8 Å². The van der Waals surface area contributed by atoms with Gasteiger partial charge in [-0.3, -0.25) is 0 Å². The topological polar surface area (TPSA) is 21.3 Å². The van der Waals surface area contributed by atoms with Crippen molar-refractivity contribution in [1.29, 1.82) is 0 Å². The van der Waals surface area contributed by atoms with Crippen molar-refractivity contribution in [2.45, 2.75) is 39.3 Å². The molecule has 0 amide bonds. The quantitative estimate of drug-likeness (QED) is 0.766. The van der Waals surface area contributed by atoms with Crippen molar-refractivity contribution in [3.63, 3.8) is 0 Å². The number of benzene rings is 1. The van der Waals surface area contributed by atoms with E-state index in [1.807, 2.05) is 26.0 Å². The third-order valence-electron chi connectivity index (χ3n) is 2.67. The second kappa shape index (κ2) is 7.87. The average molecular weight is 318 g/mol. The van der Waals surface area contributed by atoms with Crippen LogP contribution in [0.2, 0.25) is 0 Å². The van der Waals surface area contributed by atoms with E-state index in [1.54, 1.807) is 0 Å². The Bertz CT molecular complexity index is 371. The van der Waals surface area contributed by atoms with Crippen molar-refractivity contribution >= 4 is 15.9 Å². The highest BCUT2D eigenvalue weighted by Gasteiger charge is 2.07. The summed E-state index contributed by atoms with van der Waals surface area (Å²) in [5.41, 5.74) is 1.08. The van der Waals surface area contributed by atoms with E-state index in [0.29, 0.717) is 4.47 Å². The predicted octanol–water partition coefficient (Wildman–Crippen LogP) is 4.05. The van der Waals surface area contributed by atoms with Gasteiger partial charge in [0.1, 0.15) is 5.82 Å². The molecular weight excluding hydrogens is 297 g/mol. The molecule has 4 heteroatoms. The Hall–Kier alpha value is -0.450. The summed E-state index contributed by atoms with van der Waals surface area (Å²) in [7, 11) is 0. The fourth-order valence-electron chi connectivity index (χ4n) is 1.61. The molecule has 1 rings (SSSR count). The van der Waals surface area contributed by atoms with Crippen LogP contribution in [0, 0.1) is 5.82 Å². The number of ether oxygens (including phenoxy) is 1. The molecule has 0 saturated heterocycles. The van der Waals surface area contributed by atoms with Gasteiger partial charge in [0.25, 0.3) is 0 Å². The lowest BCUT2D eigenvalue weighted by molar-refractivity contribution is 0.0768. The number of hydrogen-bond acceptors (Lipinski definition) is 2. The summed E-state index contributed by atoms with van der Waals surface area (Å²) in [6, 6.07) is 5.32. The molecule has 0 fully saturated rings. The molecule has 1 unspecified atom stereocenters. The molecule has 0 heterocycles. The first-order valence-electron chi connectivity index (χ1n) is 6.30. The predicted molar refractivity (Wildman–Crippen MR) is 76.2 cm³/mol. The van der Waals surface area contributed by atoms with Gasteiger partial charge in [-0.15, -0.1) is 0 Å². The molecule has 0 spiro atoms. The molecule has 1 atom stereocenters. The highest BCUT2D eigenvalue weighted by Crippen LogP contribution is 2.21. The van der Waals surface area contributed by atoms with Crippen LogP contribution in [0.4, 0.5) is 4.39 Å². The van der Waals surface area contributed by atoms with Crippen LogP contribution in [0.5, 0.6) is 0 Å². The van der Waals surface area contributed by atoms with Gasteiger partial charge in [0.2, 0.25) is 0 Å². The molecule has 0 saturated carbocycles. The van der Waals surface area contributed by atoms with Gasteiger partial charge in [-0.1, -0.05) is 6.07 Å². The van der Waals surface area contributed by atoms with Crippen molar-refractivity contribution < 1.29 is 9.13 Å². The Kier molecular flexibility index (Phi) is 6.82. The fraction of sp³-hybridized carbons (Fsp3) is 0.571. The maximum absolute atomic E-state index is 13.1. The third kappa shape index (κ3) is 5.46. The van der Waals surface area contributed by atoms with E-state index >= 15 is 0 Å². The van der Waals surface area contributed by atoms with Gasteiger partial charge in [-0.05, 0) is 67.4 Å². The Morgan fingerprint density at radius 2 is 2.06 bits per heavy atom. The van der Waals surface area contributed by atoms with Crippen LogP contribution in [0.15, 0.2) is 22.7 Å². The second-order valence-electron chi connectivity index (χ2n) is 4.62. The maximum Gasteiger partial charge on any atom is 0.137 e. The SMILES string of the molecule is CC(C)OCCCNC(C)c1ccc(F)c(Br)c1. The Labute approximate surface area is 117 Å². The van der Waals surface area contributed by atoms with Crippen LogP contribution in [0.3, 0.4) is 0 Å². The minimum Gasteiger partial charge on any atom is -0.379 e. The smallest absolute Gasteiger partial charge is 0.137 e. The summed E-state index contributed by atoms with van der Waals surface area (Å²) in [6.45, 7) is 7.80. The Balaban J connectivity index is 2.31. The molecule has 18 heavy (non-hydrogen) atoms. The number of halogens is 2. The van der Waals surface area contributed by atoms with Gasteiger partial charge in [0.15, 0.2) is 0 Å². The molecule has 1 aromatic rings. The molecular formula is C14H21BrFNO. The number of rotatable bonds is 7. The monoisotopic (exact) mass is 317 g/mol. The van der Waals surface area contributed by atoms with Crippen molar-refractivity contribution in [2.24, 2.45) is 0 Å². The van der Waals surface area contributed by atoms with Crippen molar-refractivity contribution in [2.75, 3.05) is 13.2 Å². The third-order valence-corrected chi connectivity index (χ3v) is 3.27. The van der Waals surface area contributed by atoms with Crippen molar-refractivity contribution in [3.05, 3.63) is 34.1 Å². The lowest BCUT2D eigenvalue weighted by atomic mass is 10.1. The number of nitrogens with one attached hydrogen (secondary N) is 1. The van der Waals surface area contributed by atoms with Gasteiger partial charge >= 0.3 is 0 Å². The van der Waals surface area contributed by atoms with Gasteiger partial charge in [-0.25, -0.2) is 4.39 Å². The zero-order chi connectivity index (χ0) is 13.5. The molecule has 0 radical (unpaired) electrons. The summed E-state index contributed by atoms with van der Waals surface area (Å²) in [4.78, 5) is 0. The lowest BCUT2D eigenvalue weighted by Crippen LogP contribution is -2.21. The zero-order valence-corrected chi connectivity index (χ0v) is 12.8. The summed E-state index contributed by atoms with van der Waals surface area (Å²) in [6.07, 6.45) is 1.26. The Morgan fingerprint density at radius 3 is 2.67 bits per heavy atom. The molecule has 0 aromatic heterocycles. The van der Waals surface area contributed by atoms with E-state index in [2.05, 4.69) is 28.2 Å². The first kappa shape index (κ1) is 15.6. The van der Waals surface area contributed by atoms with Gasteiger partial charge in [0, 0.05) is 12.6 Å². The second-order valence-corrected chi connectivity index (χ2v) is 5.48. The van der Waals surface area contributed by atoms with E-state index in [1.165, 1.54) is 6.07 Å². The standard InChI is InChI=1S/C14H21BrFNO/c1-10(2)18-8-4-7-17-11(3)12-5-6-14(16)13(15)9-12/h5-6,9-11,17H,4,7-8H2,1-3H3. The van der Waals surface area contributed by atoms with Crippen LogP contribution in [-0.4, -0.2) is 19.3 Å². The summed E-state index contributed by atoms with van der Waals surface area (Å²) >= 11 is 3.20. The highest BCUT2D eigenvalue weighted by atomic mass is 79.9. The van der Waals surface area contributed by atoms with Gasteiger partial charge < -0.3 is 10.1 Å². The van der Waals surface area contributed by atoms with Crippen LogP contribution < -0.4 is 5.32 Å². The zero-order valence-electron chi connectivity index (χ0n) is 11.2. The molecule has 0 aliphatic carbocycles. The van der Waals surface area contributed by atoms with Gasteiger partial charge in [-0.2, -0.15) is 0 Å². The molecule has 1 aromatic carbocycles. The summed E-state index contributed by atoms with van der Waals surface area (Å²) < 4.78 is 19.1. The average Bonchev–Trinajstić information content (AvgIpc) is 2.31. The largest absolute Gasteiger partial charge is 0.379 e. The summed E-state index contributed by atoms with van der Waals surface area (Å²) in [5, 5.41) is 3.40. The Morgan fingerprint density at radius 1 is 1.33 bits per heavy atom. The van der Waals surface area contributed by atoms with E-state index in [4.69, 9.17) is 4.74 Å². The van der Waals surface area contributed by atoms with Crippen LogP contribution >= 0.6 is 15.9 Å². The van der Waals surface area contributed by atoms with E-state index in [-0.39, 0.29) is 18.0 Å². The minimum atomic E-state index is -0.226. The summed E-state index contributed by atoms with van der Waals surface area (Å²) in [5.74, 6) is -0.226. The fourth-order valence-corrected chi connectivity index (χ4v) is 2.01. The van der Waals surface area contributed by atoms with Crippen LogP contribution in [-0.2, 0) is 4.74 Å². The molecule has 102 valence electrons. The van der Waals surface area contributed by atoms with Crippen molar-refractivity contribution in [3.8, 4) is 0 Å². The molecule has 2 nitrogen and oxygen atoms in total. The minimum absolute atomic E-state index is 0.209. The highest BCUT2D eigenvalue weighted by molar-refractivity contribution is 9.10. The van der Waals surface area contributed by atoms with Crippen molar-refractivity contribution in [1.82, 2.24) is 5.32 Å². The first-order valence-corrected chi connectivity index (χ1v) is 7.10. The maximum atomic E-state index is 13.1.